The standard InChI is InChI=1S/C19H19N3O2S3/c1-25-14-7-3-5-12(9-14)20-17(23)11-16-18(24)22-19(27-16)21-13-6-4-8-15(10-13)26-2/h3-10,16H,11H2,1-2H3,(H,20,23)(H,21,22,24). The van der Waals surface area contributed by atoms with Gasteiger partial charge in [-0.1, -0.05) is 23.9 Å². The molecule has 0 saturated carbocycles. The first-order chi connectivity index (χ1) is 13.1. The number of benzene rings is 2. The fourth-order valence-electron chi connectivity index (χ4n) is 2.47. The predicted molar refractivity (Wildman–Crippen MR) is 116 cm³/mol. The molecule has 1 aliphatic rings. The lowest BCUT2D eigenvalue weighted by Crippen LogP contribution is -2.28. The Balaban J connectivity index is 1.61. The van der Waals surface area contributed by atoms with E-state index in [1.165, 1.54) is 11.8 Å². The van der Waals surface area contributed by atoms with Gasteiger partial charge in [-0.05, 0) is 48.9 Å². The summed E-state index contributed by atoms with van der Waals surface area (Å²) in [6.45, 7) is 0. The van der Waals surface area contributed by atoms with Gasteiger partial charge in [0.05, 0.1) is 5.69 Å². The summed E-state index contributed by atoms with van der Waals surface area (Å²) in [4.78, 5) is 31.2. The van der Waals surface area contributed by atoms with Gasteiger partial charge in [-0.15, -0.1) is 23.5 Å². The van der Waals surface area contributed by atoms with Gasteiger partial charge in [-0.3, -0.25) is 9.59 Å². The Hall–Kier alpha value is -1.90. The molecule has 2 aromatic rings. The Labute approximate surface area is 171 Å². The first-order valence-corrected chi connectivity index (χ1v) is 11.5. The van der Waals surface area contributed by atoms with Gasteiger partial charge in [0.15, 0.2) is 5.17 Å². The van der Waals surface area contributed by atoms with Gasteiger partial charge >= 0.3 is 0 Å². The average molecular weight is 418 g/mol. The Bertz CT molecular complexity index is 886. The lowest BCUT2D eigenvalue weighted by molar-refractivity contribution is -0.122. The van der Waals surface area contributed by atoms with Crippen molar-refractivity contribution in [3.8, 4) is 0 Å². The van der Waals surface area contributed by atoms with Crippen molar-refractivity contribution < 1.29 is 9.59 Å². The summed E-state index contributed by atoms with van der Waals surface area (Å²) >= 11 is 4.54. The van der Waals surface area contributed by atoms with E-state index in [4.69, 9.17) is 0 Å². The second kappa shape index (κ2) is 9.34. The molecule has 1 aliphatic heterocycles. The van der Waals surface area contributed by atoms with Crippen molar-refractivity contribution in [2.24, 2.45) is 4.99 Å². The van der Waals surface area contributed by atoms with Crippen LogP contribution in [0.25, 0.3) is 0 Å². The fourth-order valence-corrected chi connectivity index (χ4v) is 4.37. The molecule has 0 spiro atoms. The number of rotatable bonds is 6. The van der Waals surface area contributed by atoms with Crippen LogP contribution in [0.1, 0.15) is 6.42 Å². The third-order valence-electron chi connectivity index (χ3n) is 3.78. The maximum absolute atomic E-state index is 12.3. The molecule has 1 fully saturated rings. The smallest absolute Gasteiger partial charge is 0.240 e. The number of hydrogen-bond donors (Lipinski definition) is 2. The van der Waals surface area contributed by atoms with E-state index in [0.29, 0.717) is 5.17 Å². The molecule has 2 aromatic carbocycles. The highest BCUT2D eigenvalue weighted by Crippen LogP contribution is 2.27. The summed E-state index contributed by atoms with van der Waals surface area (Å²) in [5.41, 5.74) is 1.52. The first-order valence-electron chi connectivity index (χ1n) is 8.21. The second-order valence-electron chi connectivity index (χ2n) is 5.70. The molecule has 8 heteroatoms. The number of nitrogens with one attached hydrogen (secondary N) is 2. The second-order valence-corrected chi connectivity index (χ2v) is 8.65. The highest BCUT2D eigenvalue weighted by atomic mass is 32.2. The van der Waals surface area contributed by atoms with Crippen LogP contribution < -0.4 is 10.6 Å². The van der Waals surface area contributed by atoms with Gasteiger partial charge in [0.25, 0.3) is 0 Å². The van der Waals surface area contributed by atoms with E-state index in [1.807, 2.05) is 61.0 Å². The lowest BCUT2D eigenvalue weighted by atomic mass is 10.2. The highest BCUT2D eigenvalue weighted by molar-refractivity contribution is 8.15. The summed E-state index contributed by atoms with van der Waals surface area (Å²) in [6, 6.07) is 15.4. The quantitative estimate of drug-likeness (QED) is 0.683. The number of carbonyl (C=O) groups is 2. The third kappa shape index (κ3) is 5.54. The summed E-state index contributed by atoms with van der Waals surface area (Å²) in [6.07, 6.45) is 4.09. The van der Waals surface area contributed by atoms with Gasteiger partial charge in [0.1, 0.15) is 5.25 Å². The number of hydrogen-bond acceptors (Lipinski definition) is 6. The van der Waals surface area contributed by atoms with Crippen molar-refractivity contribution in [1.29, 1.82) is 0 Å². The van der Waals surface area contributed by atoms with E-state index in [1.54, 1.807) is 23.5 Å². The maximum atomic E-state index is 12.3. The Morgan fingerprint density at radius 2 is 1.85 bits per heavy atom. The Kier molecular flexibility index (Phi) is 6.87. The molecule has 3 rings (SSSR count). The zero-order valence-corrected chi connectivity index (χ0v) is 17.3. The minimum Gasteiger partial charge on any atom is -0.326 e. The molecule has 0 radical (unpaired) electrons. The van der Waals surface area contributed by atoms with Gasteiger partial charge in [0.2, 0.25) is 11.8 Å². The number of amides is 2. The van der Waals surface area contributed by atoms with Crippen LogP contribution >= 0.6 is 35.3 Å². The molecule has 27 heavy (non-hydrogen) atoms. The number of carbonyl (C=O) groups excluding carboxylic acids is 2. The van der Waals surface area contributed by atoms with Crippen LogP contribution in [0.5, 0.6) is 0 Å². The van der Waals surface area contributed by atoms with Crippen LogP contribution in [0.2, 0.25) is 0 Å². The molecule has 0 aliphatic carbocycles. The van der Waals surface area contributed by atoms with Crippen LogP contribution in [0, 0.1) is 0 Å². The largest absolute Gasteiger partial charge is 0.326 e. The number of amidine groups is 1. The molecule has 0 bridgehead atoms. The SMILES string of the molecule is CSc1cccc(N=C2NC(=O)C(CC(=O)Nc3cccc(SC)c3)S2)c1. The average Bonchev–Trinajstić information content (AvgIpc) is 3.00. The minimum atomic E-state index is -0.476. The van der Waals surface area contributed by atoms with Crippen molar-refractivity contribution in [3.63, 3.8) is 0 Å². The molecular formula is C19H19N3O2S3. The van der Waals surface area contributed by atoms with E-state index in [2.05, 4.69) is 15.6 Å². The molecule has 1 atom stereocenters. The summed E-state index contributed by atoms with van der Waals surface area (Å²) in [7, 11) is 0. The van der Waals surface area contributed by atoms with E-state index in [-0.39, 0.29) is 18.2 Å². The number of nitrogens with zero attached hydrogens (tertiary/aromatic N) is 1. The van der Waals surface area contributed by atoms with Gasteiger partial charge in [-0.2, -0.15) is 0 Å². The van der Waals surface area contributed by atoms with Crippen LogP contribution in [-0.4, -0.2) is 34.7 Å². The number of aliphatic imine (C=N–C) groups is 1. The normalized spacial score (nSPS) is 17.8. The Morgan fingerprint density at radius 1 is 1.15 bits per heavy atom. The molecule has 0 aromatic heterocycles. The summed E-state index contributed by atoms with van der Waals surface area (Å²) < 4.78 is 0. The molecule has 1 heterocycles. The van der Waals surface area contributed by atoms with Crippen LogP contribution in [-0.2, 0) is 9.59 Å². The van der Waals surface area contributed by atoms with E-state index >= 15 is 0 Å². The van der Waals surface area contributed by atoms with Crippen molar-refractivity contribution in [2.45, 2.75) is 21.5 Å². The van der Waals surface area contributed by atoms with E-state index < -0.39 is 5.25 Å². The monoisotopic (exact) mass is 417 g/mol. The fraction of sp³-hybridized carbons (Fsp3) is 0.211. The van der Waals surface area contributed by atoms with Crippen LogP contribution in [0.3, 0.4) is 0 Å². The molecular weight excluding hydrogens is 398 g/mol. The van der Waals surface area contributed by atoms with Crippen LogP contribution in [0.4, 0.5) is 11.4 Å². The van der Waals surface area contributed by atoms with E-state index in [0.717, 1.165) is 21.2 Å². The highest BCUT2D eigenvalue weighted by Gasteiger charge is 2.32. The lowest BCUT2D eigenvalue weighted by Gasteiger charge is -2.08. The minimum absolute atomic E-state index is 0.101. The third-order valence-corrected chi connectivity index (χ3v) is 6.32. The van der Waals surface area contributed by atoms with Crippen molar-refractivity contribution in [1.82, 2.24) is 5.32 Å². The molecule has 2 amide bonds. The van der Waals surface area contributed by atoms with Crippen LogP contribution in [0.15, 0.2) is 63.3 Å². The van der Waals surface area contributed by atoms with Gasteiger partial charge in [-0.25, -0.2) is 4.99 Å². The number of thioether (sulfide) groups is 3. The molecule has 5 nitrogen and oxygen atoms in total. The zero-order chi connectivity index (χ0) is 19.2. The topological polar surface area (TPSA) is 70.6 Å². The van der Waals surface area contributed by atoms with Gasteiger partial charge in [0, 0.05) is 21.9 Å². The Morgan fingerprint density at radius 3 is 2.59 bits per heavy atom. The first kappa shape index (κ1) is 19.9. The van der Waals surface area contributed by atoms with E-state index in [9.17, 15) is 9.59 Å². The summed E-state index contributed by atoms with van der Waals surface area (Å²) in [5, 5.41) is 5.67. The zero-order valence-electron chi connectivity index (χ0n) is 14.9. The van der Waals surface area contributed by atoms with Crippen molar-refractivity contribution in [2.75, 3.05) is 17.8 Å². The molecule has 1 saturated heterocycles. The molecule has 2 N–H and O–H groups in total. The predicted octanol–water partition coefficient (Wildman–Crippen LogP) is 4.38. The molecule has 140 valence electrons. The summed E-state index contributed by atoms with van der Waals surface area (Å²) in [5.74, 6) is -0.376. The van der Waals surface area contributed by atoms with Crippen molar-refractivity contribution >= 4 is 63.6 Å². The number of anilines is 1. The molecule has 1 unspecified atom stereocenters. The maximum Gasteiger partial charge on any atom is 0.240 e. The van der Waals surface area contributed by atoms with Gasteiger partial charge < -0.3 is 10.6 Å². The van der Waals surface area contributed by atoms with Crippen molar-refractivity contribution in [3.05, 3.63) is 48.5 Å².